The number of nitrogens with one attached hydrogen (secondary N) is 1. The molecule has 0 bridgehead atoms. The Kier molecular flexibility index (Phi) is 5.76. The van der Waals surface area contributed by atoms with Crippen LogP contribution in [0.2, 0.25) is 0 Å². The fourth-order valence-corrected chi connectivity index (χ4v) is 5.39. The molecule has 1 fully saturated rings. The molecule has 4 rings (SSSR count). The average molecular weight is 450 g/mol. The summed E-state index contributed by atoms with van der Waals surface area (Å²) in [7, 11) is 0. The smallest absolute Gasteiger partial charge is 0.264 e. The molecule has 4 nitrogen and oxygen atoms in total. The van der Waals surface area contributed by atoms with Gasteiger partial charge in [-0.15, -0.1) is 0 Å². The van der Waals surface area contributed by atoms with E-state index in [-0.39, 0.29) is 17.3 Å². The molecule has 0 unspecified atom stereocenters. The first-order valence-corrected chi connectivity index (χ1v) is 11.6. The number of hydrogen-bond donors (Lipinski definition) is 1. The minimum absolute atomic E-state index is 0.182. The molecule has 2 aromatic rings. The summed E-state index contributed by atoms with van der Waals surface area (Å²) in [5.74, 6) is -0.605. The van der Waals surface area contributed by atoms with Crippen LogP contribution in [0.3, 0.4) is 0 Å². The third kappa shape index (κ3) is 4.24. The predicted octanol–water partition coefficient (Wildman–Crippen LogP) is 6.36. The molecule has 0 spiro atoms. The van der Waals surface area contributed by atoms with Crippen LogP contribution in [0.1, 0.15) is 49.9 Å². The second-order valence-corrected chi connectivity index (χ2v) is 9.97. The first-order chi connectivity index (χ1) is 15.1. The third-order valence-corrected chi connectivity index (χ3v) is 6.70. The normalized spacial score (nSPS) is 19.9. The summed E-state index contributed by atoms with van der Waals surface area (Å²) in [6.45, 7) is 13.2. The summed E-state index contributed by atoms with van der Waals surface area (Å²) in [6.07, 6.45) is 3.82. The quantitative estimate of drug-likeness (QED) is 0.555. The standard InChI is InChI=1S/C26H28FN3OS/c1-7-30-22-13-21(27)18(11-20(22)17(4)14-26(30,5)6)12-23-24(31)29-25(32-23)28-19-9-15(2)8-16(3)10-19/h8-14H,7H2,1-6H3,(H,28,29,31)/b23-12+. The van der Waals surface area contributed by atoms with Crippen LogP contribution in [-0.4, -0.2) is 23.2 Å². The largest absolute Gasteiger partial charge is 0.363 e. The zero-order chi connectivity index (χ0) is 23.2. The van der Waals surface area contributed by atoms with Crippen molar-refractivity contribution in [2.45, 2.75) is 47.1 Å². The molecule has 0 aromatic heterocycles. The number of hydrogen-bond acceptors (Lipinski definition) is 4. The molecule has 2 aliphatic heterocycles. The van der Waals surface area contributed by atoms with Gasteiger partial charge in [0.2, 0.25) is 0 Å². The van der Waals surface area contributed by atoms with E-state index in [9.17, 15) is 4.79 Å². The van der Waals surface area contributed by atoms with Crippen LogP contribution in [0.4, 0.5) is 15.8 Å². The summed E-state index contributed by atoms with van der Waals surface area (Å²) in [5, 5.41) is 3.29. The Morgan fingerprint density at radius 1 is 1.12 bits per heavy atom. The Balaban J connectivity index is 1.68. The van der Waals surface area contributed by atoms with Crippen LogP contribution in [0, 0.1) is 19.7 Å². The number of carbonyl (C=O) groups excluding carboxylic acids is 1. The first-order valence-electron chi connectivity index (χ1n) is 10.8. The molecular formula is C26H28FN3OS. The van der Waals surface area contributed by atoms with Gasteiger partial charge in [0, 0.05) is 23.4 Å². The van der Waals surface area contributed by atoms with Crippen molar-refractivity contribution in [2.24, 2.45) is 4.99 Å². The number of thioether (sulfide) groups is 1. The van der Waals surface area contributed by atoms with Gasteiger partial charge in [-0.25, -0.2) is 9.38 Å². The number of rotatable bonds is 3. The molecule has 32 heavy (non-hydrogen) atoms. The van der Waals surface area contributed by atoms with Crippen molar-refractivity contribution in [3.05, 3.63) is 69.4 Å². The van der Waals surface area contributed by atoms with Gasteiger partial charge in [0.15, 0.2) is 5.17 Å². The Labute approximate surface area is 193 Å². The van der Waals surface area contributed by atoms with Gasteiger partial charge in [0.25, 0.3) is 5.91 Å². The lowest BCUT2D eigenvalue weighted by Crippen LogP contribution is -2.45. The zero-order valence-corrected chi connectivity index (χ0v) is 20.2. The van der Waals surface area contributed by atoms with E-state index < -0.39 is 0 Å². The van der Waals surface area contributed by atoms with Crippen molar-refractivity contribution in [1.29, 1.82) is 0 Å². The Hall–Kier alpha value is -2.86. The molecule has 2 heterocycles. The number of likely N-dealkylation sites (N-methyl/N-ethyl adjacent to an activating group) is 1. The zero-order valence-electron chi connectivity index (χ0n) is 19.3. The number of aryl methyl sites for hydroxylation is 2. The lowest BCUT2D eigenvalue weighted by molar-refractivity contribution is -0.115. The van der Waals surface area contributed by atoms with E-state index in [1.807, 2.05) is 39.0 Å². The molecule has 0 atom stereocenters. The van der Waals surface area contributed by atoms with E-state index in [4.69, 9.17) is 0 Å². The summed E-state index contributed by atoms with van der Waals surface area (Å²) in [6, 6.07) is 9.44. The van der Waals surface area contributed by atoms with Gasteiger partial charge in [-0.1, -0.05) is 12.1 Å². The Bertz CT molecular complexity index is 1190. The molecule has 166 valence electrons. The fourth-order valence-electron chi connectivity index (χ4n) is 4.56. The topological polar surface area (TPSA) is 44.7 Å². The lowest BCUT2D eigenvalue weighted by atomic mass is 9.88. The van der Waals surface area contributed by atoms with Crippen molar-refractivity contribution in [2.75, 3.05) is 11.4 Å². The van der Waals surface area contributed by atoms with Crippen LogP contribution >= 0.6 is 11.8 Å². The molecule has 1 amide bonds. The van der Waals surface area contributed by atoms with Crippen LogP contribution in [-0.2, 0) is 4.79 Å². The van der Waals surface area contributed by atoms with Crippen molar-refractivity contribution < 1.29 is 9.18 Å². The number of halogens is 1. The van der Waals surface area contributed by atoms with Gasteiger partial charge in [-0.2, -0.15) is 0 Å². The van der Waals surface area contributed by atoms with Gasteiger partial charge in [0.1, 0.15) is 5.82 Å². The lowest BCUT2D eigenvalue weighted by Gasteiger charge is -2.42. The highest BCUT2D eigenvalue weighted by atomic mass is 32.2. The number of carbonyl (C=O) groups is 1. The van der Waals surface area contributed by atoms with E-state index in [0.29, 0.717) is 15.6 Å². The van der Waals surface area contributed by atoms with Crippen molar-refractivity contribution in [1.82, 2.24) is 5.32 Å². The van der Waals surface area contributed by atoms with Crippen LogP contribution < -0.4 is 10.2 Å². The van der Waals surface area contributed by atoms with E-state index in [1.54, 1.807) is 12.1 Å². The van der Waals surface area contributed by atoms with Gasteiger partial charge < -0.3 is 10.2 Å². The summed E-state index contributed by atoms with van der Waals surface area (Å²) < 4.78 is 15.1. The maximum atomic E-state index is 15.1. The van der Waals surface area contributed by atoms with Crippen molar-refractivity contribution >= 4 is 45.9 Å². The molecule has 1 N–H and O–H groups in total. The number of nitrogens with zero attached hydrogens (tertiary/aromatic N) is 2. The molecule has 2 aliphatic rings. The van der Waals surface area contributed by atoms with E-state index in [0.717, 1.165) is 40.2 Å². The molecule has 0 aliphatic carbocycles. The summed E-state index contributed by atoms with van der Waals surface area (Å²) in [4.78, 5) is 19.7. The number of amidine groups is 1. The molecule has 1 saturated heterocycles. The van der Waals surface area contributed by atoms with E-state index in [1.165, 1.54) is 11.8 Å². The molecule has 2 aromatic carbocycles. The number of amides is 1. The van der Waals surface area contributed by atoms with Gasteiger partial charge >= 0.3 is 0 Å². The number of aliphatic imine (C=N–C) groups is 1. The average Bonchev–Trinajstić information content (AvgIpc) is 3.00. The van der Waals surface area contributed by atoms with Gasteiger partial charge in [-0.3, -0.25) is 4.79 Å². The number of benzene rings is 2. The highest BCUT2D eigenvalue weighted by molar-refractivity contribution is 8.18. The van der Waals surface area contributed by atoms with E-state index >= 15 is 4.39 Å². The molecule has 6 heteroatoms. The van der Waals surface area contributed by atoms with Crippen molar-refractivity contribution in [3.63, 3.8) is 0 Å². The van der Waals surface area contributed by atoms with Crippen LogP contribution in [0.5, 0.6) is 0 Å². The van der Waals surface area contributed by atoms with Crippen molar-refractivity contribution in [3.8, 4) is 0 Å². The Morgan fingerprint density at radius 3 is 2.47 bits per heavy atom. The first kappa shape index (κ1) is 22.3. The number of fused-ring (bicyclic) bond motifs is 1. The second-order valence-electron chi connectivity index (χ2n) is 8.94. The predicted molar refractivity (Wildman–Crippen MR) is 134 cm³/mol. The number of allylic oxidation sites excluding steroid dienone is 1. The van der Waals surface area contributed by atoms with Gasteiger partial charge in [-0.05, 0) is 100 Å². The minimum Gasteiger partial charge on any atom is -0.363 e. The summed E-state index contributed by atoms with van der Waals surface area (Å²) >= 11 is 1.23. The molecular weight excluding hydrogens is 421 g/mol. The SMILES string of the molecule is CCN1c2cc(F)c(/C=C3/SC(=Nc4cc(C)cc(C)c4)NC3=O)cc2C(C)=CC1(C)C. The van der Waals surface area contributed by atoms with Crippen LogP contribution in [0.25, 0.3) is 11.6 Å². The highest BCUT2D eigenvalue weighted by Gasteiger charge is 2.31. The molecule has 0 saturated carbocycles. The van der Waals surface area contributed by atoms with E-state index in [2.05, 4.69) is 48.1 Å². The van der Waals surface area contributed by atoms with Crippen LogP contribution in [0.15, 0.2) is 46.3 Å². The maximum absolute atomic E-state index is 15.1. The highest BCUT2D eigenvalue weighted by Crippen LogP contribution is 2.40. The monoisotopic (exact) mass is 449 g/mol. The Morgan fingerprint density at radius 2 is 1.81 bits per heavy atom. The fraction of sp³-hybridized carbons (Fsp3) is 0.308. The van der Waals surface area contributed by atoms with Gasteiger partial charge in [0.05, 0.1) is 16.1 Å². The molecule has 0 radical (unpaired) electrons. The minimum atomic E-state index is -0.340. The summed E-state index contributed by atoms with van der Waals surface area (Å²) in [5.41, 5.74) is 6.21. The third-order valence-electron chi connectivity index (χ3n) is 5.79. The second kappa shape index (κ2) is 8.24. The number of anilines is 1. The maximum Gasteiger partial charge on any atom is 0.264 e.